The van der Waals surface area contributed by atoms with Crippen LogP contribution >= 0.6 is 0 Å². The van der Waals surface area contributed by atoms with Crippen molar-refractivity contribution in [1.82, 2.24) is 10.3 Å². The van der Waals surface area contributed by atoms with E-state index in [1.807, 2.05) is 24.3 Å². The monoisotopic (exact) mass is 371 g/mol. The molecule has 7 heteroatoms. The lowest BCUT2D eigenvalue weighted by atomic mass is 10.1. The van der Waals surface area contributed by atoms with Crippen molar-refractivity contribution < 1.29 is 19.0 Å². The number of benzene rings is 1. The quantitative estimate of drug-likeness (QED) is 0.802. The largest absolute Gasteiger partial charge is 0.493 e. The van der Waals surface area contributed by atoms with Crippen molar-refractivity contribution >= 4 is 11.7 Å². The second kappa shape index (κ2) is 9.23. The van der Waals surface area contributed by atoms with Crippen molar-refractivity contribution in [3.8, 4) is 11.5 Å². The fourth-order valence-corrected chi connectivity index (χ4v) is 2.98. The molecule has 1 N–H and O–H groups in total. The number of anilines is 1. The number of amides is 1. The summed E-state index contributed by atoms with van der Waals surface area (Å²) in [6, 6.07) is 9.32. The Bertz CT molecular complexity index is 776. The summed E-state index contributed by atoms with van der Waals surface area (Å²) in [5.41, 5.74) is 1.68. The summed E-state index contributed by atoms with van der Waals surface area (Å²) in [4.78, 5) is 19.0. The Hall–Kier alpha value is -2.80. The number of methoxy groups -OCH3 is 2. The normalized spacial score (nSPS) is 13.9. The van der Waals surface area contributed by atoms with E-state index in [9.17, 15) is 4.79 Å². The highest BCUT2D eigenvalue weighted by atomic mass is 16.5. The lowest BCUT2D eigenvalue weighted by Gasteiger charge is -2.27. The second-order valence-electron chi connectivity index (χ2n) is 6.20. The molecule has 0 radical (unpaired) electrons. The number of nitrogens with one attached hydrogen (secondary N) is 1. The van der Waals surface area contributed by atoms with Crippen LogP contribution in [0.3, 0.4) is 0 Å². The maximum absolute atomic E-state index is 12.5. The Morgan fingerprint density at radius 2 is 1.93 bits per heavy atom. The number of nitrogens with zero attached hydrogens (tertiary/aromatic N) is 2. The minimum atomic E-state index is -0.104. The SMILES string of the molecule is COc1ccc(CCNC(=O)c2ccnc(N3CCOCC3)c2)cc1OC. The molecule has 0 unspecified atom stereocenters. The third kappa shape index (κ3) is 4.89. The Morgan fingerprint density at radius 3 is 2.67 bits per heavy atom. The maximum Gasteiger partial charge on any atom is 0.251 e. The van der Waals surface area contributed by atoms with Gasteiger partial charge in [0.15, 0.2) is 11.5 Å². The highest BCUT2D eigenvalue weighted by molar-refractivity contribution is 5.94. The zero-order valence-electron chi connectivity index (χ0n) is 15.7. The number of carbonyl (C=O) groups is 1. The van der Waals surface area contributed by atoms with E-state index in [1.165, 1.54) is 0 Å². The van der Waals surface area contributed by atoms with Crippen molar-refractivity contribution in [2.75, 3.05) is 52.0 Å². The van der Waals surface area contributed by atoms with E-state index in [4.69, 9.17) is 14.2 Å². The van der Waals surface area contributed by atoms with Crippen LogP contribution in [0.5, 0.6) is 11.5 Å². The summed E-state index contributed by atoms with van der Waals surface area (Å²) in [6.07, 6.45) is 2.38. The molecule has 0 saturated carbocycles. The third-order valence-corrected chi connectivity index (χ3v) is 4.49. The Balaban J connectivity index is 1.56. The molecule has 3 rings (SSSR count). The molecule has 1 aromatic carbocycles. The number of hydrogen-bond donors (Lipinski definition) is 1. The molecule has 1 saturated heterocycles. The number of ether oxygens (including phenoxy) is 3. The molecule has 27 heavy (non-hydrogen) atoms. The maximum atomic E-state index is 12.5. The lowest BCUT2D eigenvalue weighted by molar-refractivity contribution is 0.0954. The molecule has 0 bridgehead atoms. The molecule has 7 nitrogen and oxygen atoms in total. The van der Waals surface area contributed by atoms with Gasteiger partial charge in [-0.3, -0.25) is 4.79 Å². The molecule has 2 aromatic rings. The molecule has 0 aliphatic carbocycles. The van der Waals surface area contributed by atoms with Gasteiger partial charge in [-0.25, -0.2) is 4.98 Å². The first-order valence-corrected chi connectivity index (χ1v) is 8.99. The van der Waals surface area contributed by atoms with Gasteiger partial charge in [-0.05, 0) is 36.2 Å². The smallest absolute Gasteiger partial charge is 0.251 e. The molecule has 1 aliphatic rings. The van der Waals surface area contributed by atoms with Crippen LogP contribution in [0.1, 0.15) is 15.9 Å². The van der Waals surface area contributed by atoms with Crippen LogP contribution in [0.15, 0.2) is 36.5 Å². The lowest BCUT2D eigenvalue weighted by Crippen LogP contribution is -2.37. The summed E-state index contributed by atoms with van der Waals surface area (Å²) >= 11 is 0. The van der Waals surface area contributed by atoms with Gasteiger partial charge >= 0.3 is 0 Å². The molecule has 1 fully saturated rings. The minimum Gasteiger partial charge on any atom is -0.493 e. The molecule has 144 valence electrons. The first-order valence-electron chi connectivity index (χ1n) is 8.99. The molecular weight excluding hydrogens is 346 g/mol. The van der Waals surface area contributed by atoms with Crippen molar-refractivity contribution in [2.24, 2.45) is 0 Å². The number of aromatic nitrogens is 1. The van der Waals surface area contributed by atoms with Crippen LogP contribution in [-0.2, 0) is 11.2 Å². The van der Waals surface area contributed by atoms with Gasteiger partial charge in [0.2, 0.25) is 0 Å². The standard InChI is InChI=1S/C20H25N3O4/c1-25-17-4-3-15(13-18(17)26-2)5-7-22-20(24)16-6-8-21-19(14-16)23-9-11-27-12-10-23/h3-4,6,8,13-14H,5,7,9-12H2,1-2H3,(H,22,24). The van der Waals surface area contributed by atoms with E-state index in [0.717, 1.165) is 24.5 Å². The first-order chi connectivity index (χ1) is 13.2. The minimum absolute atomic E-state index is 0.104. The molecule has 0 spiro atoms. The van der Waals surface area contributed by atoms with Crippen LogP contribution < -0.4 is 19.7 Å². The average Bonchev–Trinajstić information content (AvgIpc) is 2.74. The van der Waals surface area contributed by atoms with Crippen LogP contribution in [-0.4, -0.2) is 58.0 Å². The zero-order valence-corrected chi connectivity index (χ0v) is 15.7. The summed E-state index contributed by atoms with van der Waals surface area (Å²) < 4.78 is 15.9. The van der Waals surface area contributed by atoms with Crippen molar-refractivity contribution in [3.63, 3.8) is 0 Å². The van der Waals surface area contributed by atoms with Crippen molar-refractivity contribution in [2.45, 2.75) is 6.42 Å². The van der Waals surface area contributed by atoms with E-state index in [1.54, 1.807) is 26.5 Å². The molecular formula is C20H25N3O4. The van der Waals surface area contributed by atoms with E-state index in [0.29, 0.717) is 43.2 Å². The van der Waals surface area contributed by atoms with Crippen LogP contribution in [0.4, 0.5) is 5.82 Å². The second-order valence-corrected chi connectivity index (χ2v) is 6.20. The average molecular weight is 371 g/mol. The summed E-state index contributed by atoms with van der Waals surface area (Å²) in [7, 11) is 3.22. The number of hydrogen-bond acceptors (Lipinski definition) is 6. The molecule has 1 amide bonds. The summed E-state index contributed by atoms with van der Waals surface area (Å²) in [5.74, 6) is 2.08. The third-order valence-electron chi connectivity index (χ3n) is 4.49. The van der Waals surface area contributed by atoms with Gasteiger partial charge < -0.3 is 24.4 Å². The first kappa shape index (κ1) is 19.0. The fourth-order valence-electron chi connectivity index (χ4n) is 2.98. The molecule has 1 aromatic heterocycles. The van der Waals surface area contributed by atoms with E-state index in [2.05, 4.69) is 15.2 Å². The predicted octanol–water partition coefficient (Wildman–Crippen LogP) is 1.91. The van der Waals surface area contributed by atoms with Crippen molar-refractivity contribution in [3.05, 3.63) is 47.7 Å². The number of rotatable bonds is 7. The van der Waals surface area contributed by atoms with Crippen LogP contribution in [0.2, 0.25) is 0 Å². The predicted molar refractivity (Wildman–Crippen MR) is 103 cm³/mol. The topological polar surface area (TPSA) is 72.9 Å². The molecule has 1 aliphatic heterocycles. The number of carbonyl (C=O) groups excluding carboxylic acids is 1. The van der Waals surface area contributed by atoms with E-state index in [-0.39, 0.29) is 5.91 Å². The Morgan fingerprint density at radius 1 is 1.15 bits per heavy atom. The van der Waals surface area contributed by atoms with Gasteiger partial charge in [-0.15, -0.1) is 0 Å². The van der Waals surface area contributed by atoms with Crippen molar-refractivity contribution in [1.29, 1.82) is 0 Å². The van der Waals surface area contributed by atoms with Gasteiger partial charge in [-0.1, -0.05) is 6.07 Å². The van der Waals surface area contributed by atoms with Gasteiger partial charge in [0.1, 0.15) is 5.82 Å². The van der Waals surface area contributed by atoms with Gasteiger partial charge in [0.25, 0.3) is 5.91 Å². The Labute approximate surface area is 159 Å². The van der Waals surface area contributed by atoms with Crippen LogP contribution in [0.25, 0.3) is 0 Å². The highest BCUT2D eigenvalue weighted by Crippen LogP contribution is 2.27. The van der Waals surface area contributed by atoms with E-state index >= 15 is 0 Å². The van der Waals surface area contributed by atoms with Crippen LogP contribution in [0, 0.1) is 0 Å². The molecule has 2 heterocycles. The molecule has 0 atom stereocenters. The van der Waals surface area contributed by atoms with Gasteiger partial charge in [0, 0.05) is 31.4 Å². The van der Waals surface area contributed by atoms with Gasteiger partial charge in [0.05, 0.1) is 27.4 Å². The van der Waals surface area contributed by atoms with E-state index < -0.39 is 0 Å². The Kier molecular flexibility index (Phi) is 6.49. The van der Waals surface area contributed by atoms with Gasteiger partial charge in [-0.2, -0.15) is 0 Å². The summed E-state index contributed by atoms with van der Waals surface area (Å²) in [5, 5.41) is 2.96. The fraction of sp³-hybridized carbons (Fsp3) is 0.400. The summed E-state index contributed by atoms with van der Waals surface area (Å²) in [6.45, 7) is 3.48. The zero-order chi connectivity index (χ0) is 19.1. The number of morpholine rings is 1. The number of pyridine rings is 1. The highest BCUT2D eigenvalue weighted by Gasteiger charge is 2.14.